The highest BCUT2D eigenvalue weighted by Crippen LogP contribution is 2.34. The van der Waals surface area contributed by atoms with E-state index in [1.54, 1.807) is 0 Å². The van der Waals surface area contributed by atoms with Crippen molar-refractivity contribution in [2.75, 3.05) is 7.05 Å². The van der Waals surface area contributed by atoms with Crippen LogP contribution < -0.4 is 0 Å². The molecule has 2 rings (SSSR count). The van der Waals surface area contributed by atoms with E-state index < -0.39 is 12.2 Å². The Morgan fingerprint density at radius 3 is 2.73 bits per heavy atom. The minimum absolute atomic E-state index is 0.212. The fraction of sp³-hybridized carbons (Fsp3) is 1.00. The van der Waals surface area contributed by atoms with Crippen LogP contribution in [0.25, 0.3) is 0 Å². The zero-order valence-corrected chi connectivity index (χ0v) is 6.77. The number of fused-ring (bicyclic) bond motifs is 2. The Kier molecular flexibility index (Phi) is 1.67. The molecule has 0 aliphatic carbocycles. The van der Waals surface area contributed by atoms with E-state index in [0.717, 1.165) is 19.3 Å². The van der Waals surface area contributed by atoms with Gasteiger partial charge in [0.25, 0.3) is 0 Å². The maximum absolute atomic E-state index is 9.54. The summed E-state index contributed by atoms with van der Waals surface area (Å²) in [6.45, 7) is 0. The van der Waals surface area contributed by atoms with Gasteiger partial charge < -0.3 is 10.2 Å². The van der Waals surface area contributed by atoms with Crippen molar-refractivity contribution in [1.29, 1.82) is 0 Å². The molecule has 0 spiro atoms. The van der Waals surface area contributed by atoms with E-state index in [-0.39, 0.29) is 6.04 Å². The second-order valence-electron chi connectivity index (χ2n) is 3.76. The van der Waals surface area contributed by atoms with Crippen LogP contribution in [0.4, 0.5) is 0 Å². The van der Waals surface area contributed by atoms with Crippen molar-refractivity contribution in [2.45, 2.75) is 43.6 Å². The van der Waals surface area contributed by atoms with E-state index in [9.17, 15) is 10.2 Å². The summed E-state index contributed by atoms with van der Waals surface area (Å²) in [7, 11) is 2.04. The molecule has 0 saturated carbocycles. The molecule has 0 radical (unpaired) electrons. The zero-order chi connectivity index (χ0) is 8.01. The van der Waals surface area contributed by atoms with Gasteiger partial charge in [0.2, 0.25) is 0 Å². The Labute approximate surface area is 66.6 Å². The van der Waals surface area contributed by atoms with Crippen LogP contribution in [-0.2, 0) is 0 Å². The molecule has 2 fully saturated rings. The molecule has 2 N–H and O–H groups in total. The van der Waals surface area contributed by atoms with E-state index in [1.807, 2.05) is 7.05 Å². The second kappa shape index (κ2) is 2.44. The molecule has 0 amide bonds. The van der Waals surface area contributed by atoms with Gasteiger partial charge in [-0.1, -0.05) is 0 Å². The average molecular weight is 157 g/mol. The van der Waals surface area contributed by atoms with E-state index in [4.69, 9.17) is 0 Å². The summed E-state index contributed by atoms with van der Waals surface area (Å²) in [5.41, 5.74) is 0. The number of nitrogens with zero attached hydrogens (tertiary/aromatic N) is 1. The summed E-state index contributed by atoms with van der Waals surface area (Å²) >= 11 is 0. The van der Waals surface area contributed by atoms with Gasteiger partial charge in [-0.2, -0.15) is 0 Å². The first-order chi connectivity index (χ1) is 5.20. The topological polar surface area (TPSA) is 43.7 Å². The number of aliphatic hydroxyl groups excluding tert-OH is 2. The van der Waals surface area contributed by atoms with Crippen LogP contribution in [-0.4, -0.2) is 46.5 Å². The van der Waals surface area contributed by atoms with E-state index >= 15 is 0 Å². The molecular weight excluding hydrogens is 142 g/mol. The smallest absolute Gasteiger partial charge is 0.0954 e. The molecular formula is C8H15NO2. The minimum atomic E-state index is -0.515. The zero-order valence-electron chi connectivity index (χ0n) is 6.77. The molecule has 3 nitrogen and oxygen atoms in total. The number of aliphatic hydroxyl groups is 2. The Bertz CT molecular complexity index is 162. The molecule has 0 aromatic heterocycles. The van der Waals surface area contributed by atoms with Gasteiger partial charge in [-0.05, 0) is 26.3 Å². The van der Waals surface area contributed by atoms with Gasteiger partial charge in [0, 0.05) is 12.1 Å². The maximum atomic E-state index is 9.54. The first-order valence-corrected chi connectivity index (χ1v) is 4.28. The Morgan fingerprint density at radius 2 is 2.00 bits per heavy atom. The molecule has 2 bridgehead atoms. The standard InChI is InChI=1S/C8H15NO2/c1-9-5-2-3-6(9)8(11)7(10)4-5/h5-8,10-11H,2-4H2,1H3/t5-,6+,7-,8+/m0/s1. The molecule has 4 atom stereocenters. The minimum Gasteiger partial charge on any atom is -0.390 e. The van der Waals surface area contributed by atoms with Crippen molar-refractivity contribution in [3.8, 4) is 0 Å². The molecule has 64 valence electrons. The molecule has 0 aromatic rings. The van der Waals surface area contributed by atoms with Crippen molar-refractivity contribution in [1.82, 2.24) is 4.90 Å². The Morgan fingerprint density at radius 1 is 1.27 bits per heavy atom. The number of hydrogen-bond donors (Lipinski definition) is 2. The SMILES string of the molecule is CN1[C@H]2CC[C@@H]1[C@@H](O)[C@@H](O)C2. The quantitative estimate of drug-likeness (QED) is 0.501. The maximum Gasteiger partial charge on any atom is 0.0954 e. The molecule has 0 aromatic carbocycles. The molecule has 2 heterocycles. The summed E-state index contributed by atoms with van der Waals surface area (Å²) in [5.74, 6) is 0. The summed E-state index contributed by atoms with van der Waals surface area (Å²) < 4.78 is 0. The largest absolute Gasteiger partial charge is 0.390 e. The first-order valence-electron chi connectivity index (χ1n) is 4.28. The van der Waals surface area contributed by atoms with Crippen molar-refractivity contribution in [2.24, 2.45) is 0 Å². The lowest BCUT2D eigenvalue weighted by Gasteiger charge is -2.37. The van der Waals surface area contributed by atoms with Gasteiger partial charge in [0.05, 0.1) is 12.2 Å². The highest BCUT2D eigenvalue weighted by Gasteiger charge is 2.43. The van der Waals surface area contributed by atoms with Crippen LogP contribution in [0.5, 0.6) is 0 Å². The van der Waals surface area contributed by atoms with Gasteiger partial charge in [-0.25, -0.2) is 0 Å². The fourth-order valence-electron chi connectivity index (χ4n) is 2.41. The third kappa shape index (κ3) is 0.991. The molecule has 11 heavy (non-hydrogen) atoms. The lowest BCUT2D eigenvalue weighted by atomic mass is 9.98. The number of rotatable bonds is 0. The molecule has 2 saturated heterocycles. The molecule has 3 heteroatoms. The highest BCUT2D eigenvalue weighted by molar-refractivity contribution is 4.98. The van der Waals surface area contributed by atoms with Crippen LogP contribution in [0.15, 0.2) is 0 Å². The third-order valence-corrected chi connectivity index (χ3v) is 3.20. The van der Waals surface area contributed by atoms with Gasteiger partial charge >= 0.3 is 0 Å². The van der Waals surface area contributed by atoms with E-state index in [1.165, 1.54) is 0 Å². The Hall–Kier alpha value is -0.120. The van der Waals surface area contributed by atoms with Crippen LogP contribution in [0.1, 0.15) is 19.3 Å². The number of hydrogen-bond acceptors (Lipinski definition) is 3. The fourth-order valence-corrected chi connectivity index (χ4v) is 2.41. The van der Waals surface area contributed by atoms with Crippen molar-refractivity contribution < 1.29 is 10.2 Å². The molecule has 0 unspecified atom stereocenters. The predicted molar refractivity (Wildman–Crippen MR) is 41.2 cm³/mol. The highest BCUT2D eigenvalue weighted by atomic mass is 16.3. The number of likely N-dealkylation sites (N-methyl/N-ethyl adjacent to an activating group) is 1. The van der Waals surface area contributed by atoms with Crippen molar-refractivity contribution >= 4 is 0 Å². The summed E-state index contributed by atoms with van der Waals surface area (Å²) in [4.78, 5) is 2.21. The van der Waals surface area contributed by atoms with Gasteiger partial charge in [0.15, 0.2) is 0 Å². The summed E-state index contributed by atoms with van der Waals surface area (Å²) in [6.07, 6.45) is 1.92. The van der Waals surface area contributed by atoms with Crippen molar-refractivity contribution in [3.63, 3.8) is 0 Å². The van der Waals surface area contributed by atoms with Crippen molar-refractivity contribution in [3.05, 3.63) is 0 Å². The van der Waals surface area contributed by atoms with E-state index in [0.29, 0.717) is 6.04 Å². The van der Waals surface area contributed by atoms with E-state index in [2.05, 4.69) is 4.90 Å². The lowest BCUT2D eigenvalue weighted by molar-refractivity contribution is -0.0671. The van der Waals surface area contributed by atoms with Gasteiger partial charge in [-0.15, -0.1) is 0 Å². The normalized spacial score (nSPS) is 51.5. The Balaban J connectivity index is 2.16. The van der Waals surface area contributed by atoms with Gasteiger partial charge in [0.1, 0.15) is 0 Å². The van der Waals surface area contributed by atoms with Gasteiger partial charge in [-0.3, -0.25) is 4.90 Å². The lowest BCUT2D eigenvalue weighted by Crippen LogP contribution is -2.52. The van der Waals surface area contributed by atoms with Crippen LogP contribution >= 0.6 is 0 Å². The first kappa shape index (κ1) is 7.53. The summed E-state index contributed by atoms with van der Waals surface area (Å²) in [5, 5.41) is 18.9. The van der Waals surface area contributed by atoms with Crippen LogP contribution in [0.2, 0.25) is 0 Å². The third-order valence-electron chi connectivity index (χ3n) is 3.20. The monoisotopic (exact) mass is 157 g/mol. The van der Waals surface area contributed by atoms with Crippen LogP contribution in [0, 0.1) is 0 Å². The summed E-state index contributed by atoms with van der Waals surface area (Å²) in [6, 6.07) is 0.724. The molecule has 2 aliphatic rings. The van der Waals surface area contributed by atoms with Crippen LogP contribution in [0.3, 0.4) is 0 Å². The number of piperidine rings is 1. The molecule has 2 aliphatic heterocycles. The second-order valence-corrected chi connectivity index (χ2v) is 3.76. The predicted octanol–water partition coefficient (Wildman–Crippen LogP) is -0.425. The average Bonchev–Trinajstić information content (AvgIpc) is 2.23.